The summed E-state index contributed by atoms with van der Waals surface area (Å²) >= 11 is 0. The van der Waals surface area contributed by atoms with Crippen molar-refractivity contribution in [3.8, 4) is 11.5 Å². The fourth-order valence-corrected chi connectivity index (χ4v) is 3.66. The number of fused-ring (bicyclic) bond motifs is 1. The number of aromatic nitrogens is 2. The zero-order valence-corrected chi connectivity index (χ0v) is 19.1. The summed E-state index contributed by atoms with van der Waals surface area (Å²) in [5, 5.41) is 18.0. The molecule has 0 unspecified atom stereocenters. The van der Waals surface area contributed by atoms with E-state index in [2.05, 4.69) is 20.9 Å². The van der Waals surface area contributed by atoms with E-state index in [0.29, 0.717) is 37.8 Å². The Kier molecular flexibility index (Phi) is 7.43. The van der Waals surface area contributed by atoms with Crippen LogP contribution >= 0.6 is 0 Å². The Balaban J connectivity index is 1.39. The van der Waals surface area contributed by atoms with Crippen molar-refractivity contribution in [2.24, 2.45) is 0 Å². The Morgan fingerprint density at radius 3 is 2.66 bits per heavy atom. The normalized spacial score (nSPS) is 14.3. The molecule has 1 aliphatic rings. The summed E-state index contributed by atoms with van der Waals surface area (Å²) in [5.41, 5.74) is 0.732. The number of benzene rings is 1. The van der Waals surface area contributed by atoms with Gasteiger partial charge in [-0.05, 0) is 30.3 Å². The maximum atomic E-state index is 12.5. The number of morpholine rings is 1. The summed E-state index contributed by atoms with van der Waals surface area (Å²) in [6.45, 7) is 1.10. The molecule has 1 fully saturated rings. The number of urea groups is 1. The molecule has 0 radical (unpaired) electrons. The number of carbonyl (C=O) groups excluding carboxylic acids is 3. The number of carbonyl (C=O) groups is 3. The predicted molar refractivity (Wildman–Crippen MR) is 127 cm³/mol. The highest BCUT2D eigenvalue weighted by Crippen LogP contribution is 2.27. The molecule has 1 aromatic carbocycles. The van der Waals surface area contributed by atoms with Crippen LogP contribution in [0.4, 0.5) is 15.4 Å². The highest BCUT2D eigenvalue weighted by atomic mass is 16.5. The maximum Gasteiger partial charge on any atom is 0.325 e. The van der Waals surface area contributed by atoms with E-state index < -0.39 is 18.7 Å². The van der Waals surface area contributed by atoms with E-state index in [0.717, 1.165) is 10.9 Å². The number of nitrogens with zero attached hydrogens (tertiary/aromatic N) is 3. The number of rotatable bonds is 6. The van der Waals surface area contributed by atoms with Gasteiger partial charge in [0, 0.05) is 44.0 Å². The van der Waals surface area contributed by atoms with Crippen molar-refractivity contribution in [1.82, 2.24) is 25.1 Å². The molecule has 12 heteroatoms. The number of nitrogens with one attached hydrogen (secondary N) is 3. The maximum absolute atomic E-state index is 12.5. The number of aliphatic hydroxyl groups is 1. The third-order valence-electron chi connectivity index (χ3n) is 5.41. The number of pyridine rings is 1. The fourth-order valence-electron chi connectivity index (χ4n) is 3.66. The van der Waals surface area contributed by atoms with Gasteiger partial charge in [0.05, 0.1) is 25.3 Å². The molecule has 0 spiro atoms. The van der Waals surface area contributed by atoms with Crippen LogP contribution in [0.3, 0.4) is 0 Å². The molecule has 1 aliphatic heterocycles. The summed E-state index contributed by atoms with van der Waals surface area (Å²) in [7, 11) is 1.56. The van der Waals surface area contributed by atoms with E-state index in [1.807, 2.05) is 0 Å². The highest BCUT2D eigenvalue weighted by Gasteiger charge is 2.26. The van der Waals surface area contributed by atoms with Crippen molar-refractivity contribution in [1.29, 1.82) is 0 Å². The van der Waals surface area contributed by atoms with Gasteiger partial charge in [-0.3, -0.25) is 14.7 Å². The van der Waals surface area contributed by atoms with Gasteiger partial charge < -0.3 is 30.1 Å². The second kappa shape index (κ2) is 10.8. The van der Waals surface area contributed by atoms with Crippen molar-refractivity contribution < 1.29 is 29.0 Å². The number of anilines is 1. The van der Waals surface area contributed by atoms with E-state index in [1.54, 1.807) is 43.6 Å². The molecule has 3 aromatic rings. The average molecular weight is 482 g/mol. The quantitative estimate of drug-likeness (QED) is 0.415. The molecule has 4 rings (SSSR count). The predicted octanol–water partition coefficient (Wildman–Crippen LogP) is 1.36. The van der Waals surface area contributed by atoms with E-state index in [4.69, 9.17) is 9.47 Å². The molecular weight excluding hydrogens is 456 g/mol. The van der Waals surface area contributed by atoms with Crippen molar-refractivity contribution in [3.63, 3.8) is 0 Å². The smallest absolute Gasteiger partial charge is 0.325 e. The molecular formula is C23H26N6O6. The Morgan fingerprint density at radius 1 is 1.14 bits per heavy atom. The molecule has 12 nitrogen and oxygen atoms in total. The van der Waals surface area contributed by atoms with Gasteiger partial charge in [0.2, 0.25) is 5.91 Å². The molecule has 1 saturated heterocycles. The first kappa shape index (κ1) is 24.0. The molecule has 0 bridgehead atoms. The summed E-state index contributed by atoms with van der Waals surface area (Å²) in [6, 6.07) is 8.23. The Hall–Kier alpha value is -4.16. The Bertz CT molecular complexity index is 1220. The summed E-state index contributed by atoms with van der Waals surface area (Å²) < 4.78 is 12.6. The van der Waals surface area contributed by atoms with Gasteiger partial charge in [0.15, 0.2) is 0 Å². The Morgan fingerprint density at radius 2 is 1.91 bits per heavy atom. The van der Waals surface area contributed by atoms with E-state index >= 15 is 0 Å². The second-order valence-corrected chi connectivity index (χ2v) is 7.71. The number of ether oxygens (including phenoxy) is 2. The minimum atomic E-state index is -1.08. The second-order valence-electron chi connectivity index (χ2n) is 7.71. The summed E-state index contributed by atoms with van der Waals surface area (Å²) in [4.78, 5) is 42.5. The monoisotopic (exact) mass is 482 g/mol. The van der Waals surface area contributed by atoms with Crippen molar-refractivity contribution in [3.05, 3.63) is 48.8 Å². The van der Waals surface area contributed by atoms with Crippen LogP contribution in [-0.2, 0) is 9.53 Å². The zero-order chi connectivity index (χ0) is 24.8. The zero-order valence-electron chi connectivity index (χ0n) is 19.1. The fraction of sp³-hybridized carbons (Fsp3) is 0.304. The Labute approximate surface area is 200 Å². The average Bonchev–Trinajstić information content (AvgIpc) is 3.30. The van der Waals surface area contributed by atoms with Crippen LogP contribution in [0.2, 0.25) is 0 Å². The van der Waals surface area contributed by atoms with Crippen LogP contribution < -0.4 is 20.7 Å². The van der Waals surface area contributed by atoms with Crippen LogP contribution in [0, 0.1) is 0 Å². The summed E-state index contributed by atoms with van der Waals surface area (Å²) in [6.07, 6.45) is 3.14. The van der Waals surface area contributed by atoms with E-state index in [-0.39, 0.29) is 17.8 Å². The standard InChI is InChI=1S/C23H26N6O6/c1-24-23(33)29-7-5-15-12-16(2-3-19(15)29)35-17-4-6-25-20(13-17)27-22(32)26-18(14-30)21(31)28-8-10-34-11-9-28/h2-7,12-13,18,30H,8-11,14H2,1H3,(H,24,33)(H2,25,26,27,32)/t18-/m0/s1. The van der Waals surface area contributed by atoms with E-state index in [9.17, 15) is 19.5 Å². The first-order valence-corrected chi connectivity index (χ1v) is 11.0. The molecule has 4 N–H and O–H groups in total. The van der Waals surface area contributed by atoms with Crippen LogP contribution in [0.25, 0.3) is 10.9 Å². The van der Waals surface area contributed by atoms with Gasteiger partial charge in [-0.15, -0.1) is 0 Å². The minimum absolute atomic E-state index is 0.197. The van der Waals surface area contributed by atoms with Crippen molar-refractivity contribution in [2.75, 3.05) is 45.3 Å². The number of hydrogen-bond donors (Lipinski definition) is 4. The number of amides is 4. The number of hydrogen-bond acceptors (Lipinski definition) is 7. The molecule has 0 aliphatic carbocycles. The van der Waals surface area contributed by atoms with Gasteiger partial charge in [0.1, 0.15) is 23.4 Å². The van der Waals surface area contributed by atoms with Gasteiger partial charge >= 0.3 is 12.1 Å². The lowest BCUT2D eigenvalue weighted by Gasteiger charge is -2.30. The largest absolute Gasteiger partial charge is 0.457 e. The minimum Gasteiger partial charge on any atom is -0.457 e. The molecule has 2 aromatic heterocycles. The van der Waals surface area contributed by atoms with Gasteiger partial charge in [-0.2, -0.15) is 0 Å². The molecule has 4 amide bonds. The highest BCUT2D eigenvalue weighted by molar-refractivity contribution is 5.93. The van der Waals surface area contributed by atoms with Crippen LogP contribution in [-0.4, -0.2) is 83.5 Å². The third kappa shape index (κ3) is 5.67. The lowest BCUT2D eigenvalue weighted by atomic mass is 10.2. The molecule has 3 heterocycles. The van der Waals surface area contributed by atoms with Gasteiger partial charge in [-0.1, -0.05) is 0 Å². The van der Waals surface area contributed by atoms with Crippen LogP contribution in [0.1, 0.15) is 0 Å². The SMILES string of the molecule is CNC(=O)n1ccc2cc(Oc3ccnc(NC(=O)N[C@@H](CO)C(=O)N4CCOCC4)c3)ccc21. The lowest BCUT2D eigenvalue weighted by Crippen LogP contribution is -2.54. The van der Waals surface area contributed by atoms with Crippen molar-refractivity contribution >= 4 is 34.7 Å². The first-order valence-electron chi connectivity index (χ1n) is 11.0. The molecule has 35 heavy (non-hydrogen) atoms. The summed E-state index contributed by atoms with van der Waals surface area (Å²) in [5.74, 6) is 0.771. The number of aliphatic hydroxyl groups excluding tert-OH is 1. The van der Waals surface area contributed by atoms with Crippen molar-refractivity contribution in [2.45, 2.75) is 6.04 Å². The topological polar surface area (TPSA) is 147 Å². The molecule has 184 valence electrons. The van der Waals surface area contributed by atoms with Crippen LogP contribution in [0.5, 0.6) is 11.5 Å². The molecule has 0 saturated carbocycles. The van der Waals surface area contributed by atoms with Gasteiger partial charge in [-0.25, -0.2) is 14.6 Å². The third-order valence-corrected chi connectivity index (χ3v) is 5.41. The van der Waals surface area contributed by atoms with E-state index in [1.165, 1.54) is 21.7 Å². The molecule has 1 atom stereocenters. The lowest BCUT2D eigenvalue weighted by molar-refractivity contribution is -0.138. The first-order chi connectivity index (χ1) is 17.0. The van der Waals surface area contributed by atoms with Gasteiger partial charge in [0.25, 0.3) is 0 Å². The van der Waals surface area contributed by atoms with Crippen LogP contribution in [0.15, 0.2) is 48.8 Å².